The van der Waals surface area contributed by atoms with Crippen molar-refractivity contribution in [2.24, 2.45) is 5.73 Å². The molecule has 1 aromatic carbocycles. The van der Waals surface area contributed by atoms with Crippen molar-refractivity contribution in [3.05, 3.63) is 46.4 Å². The van der Waals surface area contributed by atoms with Crippen molar-refractivity contribution in [2.75, 3.05) is 39.3 Å². The number of halogens is 2. The second-order valence-electron chi connectivity index (χ2n) is 5.63. The molecule has 1 aliphatic rings. The van der Waals surface area contributed by atoms with Crippen LogP contribution >= 0.6 is 36.2 Å². The van der Waals surface area contributed by atoms with E-state index in [0.29, 0.717) is 18.8 Å². The van der Waals surface area contributed by atoms with Crippen LogP contribution in [0.2, 0.25) is 0 Å². The van der Waals surface area contributed by atoms with Crippen molar-refractivity contribution in [1.29, 1.82) is 0 Å². The fraction of sp³-hybridized carbons (Fsp3) is 0.412. The Kier molecular flexibility index (Phi) is 9.90. The first kappa shape index (κ1) is 22.7. The summed E-state index contributed by atoms with van der Waals surface area (Å²) in [5.74, 6) is 0.900. The van der Waals surface area contributed by atoms with E-state index in [1.807, 2.05) is 35.2 Å². The maximum atomic E-state index is 12.4. The number of hydrogen-bond acceptors (Lipinski definition) is 6. The highest BCUT2D eigenvalue weighted by molar-refractivity contribution is 7.09. The molecule has 6 nitrogen and oxygen atoms in total. The van der Waals surface area contributed by atoms with E-state index < -0.39 is 0 Å². The van der Waals surface area contributed by atoms with E-state index in [1.165, 1.54) is 11.3 Å². The third-order valence-corrected chi connectivity index (χ3v) is 4.90. The Balaban J connectivity index is 0.00000169. The summed E-state index contributed by atoms with van der Waals surface area (Å²) < 4.78 is 5.72. The number of carbonyl (C=O) groups is 1. The van der Waals surface area contributed by atoms with Crippen molar-refractivity contribution < 1.29 is 9.53 Å². The lowest BCUT2D eigenvalue weighted by Crippen LogP contribution is -2.49. The highest BCUT2D eigenvalue weighted by Crippen LogP contribution is 2.13. The number of benzene rings is 1. The number of nitrogens with two attached hydrogens (primary N) is 1. The Hall–Kier alpha value is -1.38. The lowest BCUT2D eigenvalue weighted by atomic mass is 10.3. The van der Waals surface area contributed by atoms with Crippen LogP contribution in [0.25, 0.3) is 0 Å². The van der Waals surface area contributed by atoms with Crippen LogP contribution in [0, 0.1) is 0 Å². The molecule has 1 fully saturated rings. The van der Waals surface area contributed by atoms with E-state index in [9.17, 15) is 4.79 Å². The van der Waals surface area contributed by atoms with Crippen LogP contribution < -0.4 is 10.5 Å². The number of ether oxygens (including phenoxy) is 1. The largest absolute Gasteiger partial charge is 0.492 e. The van der Waals surface area contributed by atoms with Crippen LogP contribution in [0.3, 0.4) is 0 Å². The summed E-state index contributed by atoms with van der Waals surface area (Å²) in [6.07, 6.45) is 0. The molecule has 1 saturated heterocycles. The molecule has 1 aliphatic heterocycles. The van der Waals surface area contributed by atoms with Crippen LogP contribution in [0.1, 0.15) is 15.5 Å². The normalized spacial score (nSPS) is 14.3. The van der Waals surface area contributed by atoms with Gasteiger partial charge in [-0.15, -0.1) is 36.2 Å². The molecule has 2 aromatic rings. The highest BCUT2D eigenvalue weighted by atomic mass is 35.5. The first-order valence-corrected chi connectivity index (χ1v) is 8.98. The number of para-hydroxylation sites is 1. The molecule has 1 amide bonds. The fourth-order valence-electron chi connectivity index (χ4n) is 2.65. The first-order chi connectivity index (χ1) is 11.8. The summed E-state index contributed by atoms with van der Waals surface area (Å²) in [4.78, 5) is 20.9. The molecule has 0 atom stereocenters. The minimum atomic E-state index is 0. The molecule has 0 spiro atoms. The van der Waals surface area contributed by atoms with E-state index >= 15 is 0 Å². The predicted octanol–water partition coefficient (Wildman–Crippen LogP) is 2.28. The fourth-order valence-corrected chi connectivity index (χ4v) is 3.30. The number of hydrogen-bond donors (Lipinski definition) is 1. The Morgan fingerprint density at radius 2 is 1.85 bits per heavy atom. The molecular weight excluding hydrogens is 395 g/mol. The second-order valence-corrected chi connectivity index (χ2v) is 6.57. The molecule has 2 N–H and O–H groups in total. The number of aromatic nitrogens is 1. The van der Waals surface area contributed by atoms with Gasteiger partial charge in [-0.1, -0.05) is 18.2 Å². The van der Waals surface area contributed by atoms with Gasteiger partial charge < -0.3 is 15.4 Å². The molecule has 144 valence electrons. The van der Waals surface area contributed by atoms with Gasteiger partial charge in [0.25, 0.3) is 5.91 Å². The monoisotopic (exact) mass is 418 g/mol. The van der Waals surface area contributed by atoms with Gasteiger partial charge in [0.1, 0.15) is 23.1 Å². The van der Waals surface area contributed by atoms with Crippen LogP contribution in [0.15, 0.2) is 35.7 Å². The standard InChI is InChI=1S/C17H22N4O2S.2ClH/c18-12-16-19-15(13-24-16)17(22)21-8-6-20(7-9-21)10-11-23-14-4-2-1-3-5-14;;/h1-5,13H,6-12,18H2;2*1H. The molecule has 0 radical (unpaired) electrons. The number of piperazine rings is 1. The minimum absolute atomic E-state index is 0. The average molecular weight is 419 g/mol. The lowest BCUT2D eigenvalue weighted by molar-refractivity contribution is 0.0615. The summed E-state index contributed by atoms with van der Waals surface area (Å²) >= 11 is 1.44. The quantitative estimate of drug-likeness (QED) is 0.778. The van der Waals surface area contributed by atoms with Gasteiger partial charge in [0.15, 0.2) is 0 Å². The van der Waals surface area contributed by atoms with Crippen molar-refractivity contribution in [3.8, 4) is 5.75 Å². The van der Waals surface area contributed by atoms with E-state index in [0.717, 1.165) is 43.5 Å². The zero-order valence-electron chi connectivity index (χ0n) is 14.4. The van der Waals surface area contributed by atoms with Gasteiger partial charge in [0.05, 0.1) is 0 Å². The number of amides is 1. The zero-order valence-corrected chi connectivity index (χ0v) is 16.8. The molecule has 1 aromatic heterocycles. The van der Waals surface area contributed by atoms with E-state index in [1.54, 1.807) is 5.38 Å². The van der Waals surface area contributed by atoms with E-state index in [4.69, 9.17) is 10.5 Å². The Labute approximate surface area is 170 Å². The number of nitrogens with zero attached hydrogens (tertiary/aromatic N) is 3. The summed E-state index contributed by atoms with van der Waals surface area (Å²) in [7, 11) is 0. The highest BCUT2D eigenvalue weighted by Gasteiger charge is 2.23. The smallest absolute Gasteiger partial charge is 0.273 e. The molecule has 0 aliphatic carbocycles. The van der Waals surface area contributed by atoms with Crippen molar-refractivity contribution in [2.45, 2.75) is 6.54 Å². The Morgan fingerprint density at radius 1 is 1.15 bits per heavy atom. The summed E-state index contributed by atoms with van der Waals surface area (Å²) in [5, 5.41) is 2.60. The van der Waals surface area contributed by atoms with Gasteiger partial charge in [-0.3, -0.25) is 9.69 Å². The predicted molar refractivity (Wildman–Crippen MR) is 109 cm³/mol. The average Bonchev–Trinajstić information content (AvgIpc) is 3.12. The van der Waals surface area contributed by atoms with Crippen LogP contribution in [-0.4, -0.2) is 60.0 Å². The SMILES string of the molecule is Cl.Cl.NCc1nc(C(=O)N2CCN(CCOc3ccccc3)CC2)cs1. The molecule has 3 rings (SSSR count). The van der Waals surface area contributed by atoms with Gasteiger partial charge in [-0.05, 0) is 12.1 Å². The van der Waals surface area contributed by atoms with E-state index in [-0.39, 0.29) is 30.7 Å². The molecule has 9 heteroatoms. The summed E-state index contributed by atoms with van der Waals surface area (Å²) in [5.41, 5.74) is 6.07. The molecule has 0 bridgehead atoms. The van der Waals surface area contributed by atoms with Gasteiger partial charge >= 0.3 is 0 Å². The third-order valence-electron chi connectivity index (χ3n) is 4.02. The van der Waals surface area contributed by atoms with Crippen LogP contribution in [-0.2, 0) is 6.54 Å². The molecule has 2 heterocycles. The number of rotatable bonds is 6. The third kappa shape index (κ3) is 6.10. The van der Waals surface area contributed by atoms with Gasteiger partial charge in [0.2, 0.25) is 0 Å². The van der Waals surface area contributed by atoms with Crippen LogP contribution in [0.5, 0.6) is 5.75 Å². The molecule has 26 heavy (non-hydrogen) atoms. The summed E-state index contributed by atoms with van der Waals surface area (Å²) in [6, 6.07) is 9.82. The maximum absolute atomic E-state index is 12.4. The zero-order chi connectivity index (χ0) is 16.8. The topological polar surface area (TPSA) is 71.7 Å². The molecule has 0 unspecified atom stereocenters. The van der Waals surface area contributed by atoms with Gasteiger partial charge in [0, 0.05) is 44.6 Å². The lowest BCUT2D eigenvalue weighted by Gasteiger charge is -2.34. The van der Waals surface area contributed by atoms with Crippen molar-refractivity contribution >= 4 is 42.1 Å². The number of thiazole rings is 1. The second kappa shape index (κ2) is 11.4. The summed E-state index contributed by atoms with van der Waals surface area (Å²) in [6.45, 7) is 5.07. The molecule has 0 saturated carbocycles. The van der Waals surface area contributed by atoms with Crippen LogP contribution in [0.4, 0.5) is 0 Å². The maximum Gasteiger partial charge on any atom is 0.273 e. The van der Waals surface area contributed by atoms with E-state index in [2.05, 4.69) is 9.88 Å². The Morgan fingerprint density at radius 3 is 2.46 bits per heavy atom. The van der Waals surface area contributed by atoms with Crippen molar-refractivity contribution in [3.63, 3.8) is 0 Å². The first-order valence-electron chi connectivity index (χ1n) is 8.10. The van der Waals surface area contributed by atoms with Gasteiger partial charge in [-0.25, -0.2) is 4.98 Å². The van der Waals surface area contributed by atoms with Gasteiger partial charge in [-0.2, -0.15) is 0 Å². The number of carbonyl (C=O) groups excluding carboxylic acids is 1. The Bertz CT molecular complexity index is 664. The molecular formula is C17H24Cl2N4O2S. The minimum Gasteiger partial charge on any atom is -0.492 e. The van der Waals surface area contributed by atoms with Crippen molar-refractivity contribution in [1.82, 2.24) is 14.8 Å².